The maximum absolute atomic E-state index is 12.8. The van der Waals surface area contributed by atoms with Crippen LogP contribution in [0.4, 0.5) is 5.69 Å². The molecule has 11 heteroatoms. The summed E-state index contributed by atoms with van der Waals surface area (Å²) in [6.07, 6.45) is 4.87. The van der Waals surface area contributed by atoms with Gasteiger partial charge in [-0.3, -0.25) is 14.9 Å². The number of aromatic nitrogens is 5. The summed E-state index contributed by atoms with van der Waals surface area (Å²) in [4.78, 5) is 28.6. The van der Waals surface area contributed by atoms with Gasteiger partial charge in [0.1, 0.15) is 17.0 Å². The van der Waals surface area contributed by atoms with Crippen LogP contribution in [0, 0.1) is 0 Å². The molecule has 0 atom stereocenters. The van der Waals surface area contributed by atoms with Crippen LogP contribution >= 0.6 is 22.7 Å². The SMILES string of the molecule is O=C(NCc1ncn[nH]1)c1cnc2sc(-c3cncs3)cc2c1NC1COC1. The first-order valence-electron chi connectivity index (χ1n) is 8.56. The Hall–Kier alpha value is -2.89. The lowest BCUT2D eigenvalue weighted by atomic mass is 10.1. The molecular formula is C17H15N7O2S2. The zero-order chi connectivity index (χ0) is 18.9. The van der Waals surface area contributed by atoms with Gasteiger partial charge in [-0.2, -0.15) is 5.10 Å². The number of aromatic amines is 1. The minimum atomic E-state index is -0.223. The fourth-order valence-electron chi connectivity index (χ4n) is 2.87. The third-order valence-corrected chi connectivity index (χ3v) is 6.36. The molecule has 0 aromatic carbocycles. The molecule has 1 saturated heterocycles. The minimum Gasteiger partial charge on any atom is -0.377 e. The number of nitrogens with zero attached hydrogens (tertiary/aromatic N) is 4. The summed E-state index contributed by atoms with van der Waals surface area (Å²) in [6.45, 7) is 1.50. The van der Waals surface area contributed by atoms with Crippen molar-refractivity contribution in [1.29, 1.82) is 0 Å². The average Bonchev–Trinajstić information content (AvgIpc) is 3.42. The summed E-state index contributed by atoms with van der Waals surface area (Å²) in [5.41, 5.74) is 3.08. The number of thiophene rings is 1. The molecule has 1 aliphatic heterocycles. The number of thiazole rings is 1. The Kier molecular flexibility index (Phi) is 4.47. The summed E-state index contributed by atoms with van der Waals surface area (Å²) in [5, 5.41) is 13.8. The van der Waals surface area contributed by atoms with Crippen molar-refractivity contribution >= 4 is 44.5 Å². The highest BCUT2D eigenvalue weighted by atomic mass is 32.1. The van der Waals surface area contributed by atoms with Crippen LogP contribution in [0.1, 0.15) is 16.2 Å². The van der Waals surface area contributed by atoms with Crippen LogP contribution < -0.4 is 10.6 Å². The molecule has 0 saturated carbocycles. The van der Waals surface area contributed by atoms with E-state index < -0.39 is 0 Å². The quantitative estimate of drug-likeness (QED) is 0.444. The molecule has 0 unspecified atom stereocenters. The second-order valence-electron chi connectivity index (χ2n) is 6.24. The van der Waals surface area contributed by atoms with Gasteiger partial charge in [-0.1, -0.05) is 0 Å². The molecule has 4 aromatic heterocycles. The number of nitrogens with one attached hydrogen (secondary N) is 3. The number of hydrogen-bond acceptors (Lipinski definition) is 9. The topological polar surface area (TPSA) is 118 Å². The van der Waals surface area contributed by atoms with Crippen molar-refractivity contribution in [3.05, 3.63) is 41.7 Å². The predicted octanol–water partition coefficient (Wildman–Crippen LogP) is 2.28. The molecule has 28 heavy (non-hydrogen) atoms. The molecule has 3 N–H and O–H groups in total. The number of rotatable bonds is 6. The Labute approximate surface area is 167 Å². The summed E-state index contributed by atoms with van der Waals surface area (Å²) >= 11 is 3.17. The number of hydrogen-bond donors (Lipinski definition) is 3. The Balaban J connectivity index is 1.51. The van der Waals surface area contributed by atoms with E-state index in [9.17, 15) is 4.79 Å². The van der Waals surface area contributed by atoms with Crippen LogP contribution in [0.25, 0.3) is 20.0 Å². The zero-order valence-electron chi connectivity index (χ0n) is 14.5. The minimum absolute atomic E-state index is 0.179. The fraction of sp³-hybridized carbons (Fsp3) is 0.235. The highest BCUT2D eigenvalue weighted by molar-refractivity contribution is 7.25. The number of amides is 1. The van der Waals surface area contributed by atoms with E-state index >= 15 is 0 Å². The van der Waals surface area contributed by atoms with Gasteiger partial charge in [0.05, 0.1) is 47.4 Å². The lowest BCUT2D eigenvalue weighted by Gasteiger charge is -2.29. The molecule has 0 aliphatic carbocycles. The van der Waals surface area contributed by atoms with Gasteiger partial charge in [0, 0.05) is 22.7 Å². The normalized spacial score (nSPS) is 14.1. The lowest BCUT2D eigenvalue weighted by molar-refractivity contribution is 0.0211. The van der Waals surface area contributed by atoms with E-state index in [4.69, 9.17) is 4.74 Å². The van der Waals surface area contributed by atoms with Gasteiger partial charge < -0.3 is 15.4 Å². The van der Waals surface area contributed by atoms with Crippen LogP contribution in [0.5, 0.6) is 0 Å². The Bertz CT molecular complexity index is 1100. The van der Waals surface area contributed by atoms with Gasteiger partial charge in [0.25, 0.3) is 5.91 Å². The van der Waals surface area contributed by atoms with Crippen molar-refractivity contribution < 1.29 is 9.53 Å². The Morgan fingerprint density at radius 2 is 2.21 bits per heavy atom. The van der Waals surface area contributed by atoms with E-state index in [1.807, 2.05) is 6.20 Å². The van der Waals surface area contributed by atoms with Crippen molar-refractivity contribution in [1.82, 2.24) is 30.5 Å². The van der Waals surface area contributed by atoms with Crippen LogP contribution in [0.15, 0.2) is 30.3 Å². The Morgan fingerprint density at radius 1 is 1.29 bits per heavy atom. The van der Waals surface area contributed by atoms with Crippen molar-refractivity contribution in [3.8, 4) is 9.75 Å². The number of ether oxygens (including phenoxy) is 1. The van der Waals surface area contributed by atoms with Crippen LogP contribution in [-0.4, -0.2) is 50.3 Å². The number of H-pyrrole nitrogens is 1. The van der Waals surface area contributed by atoms with Gasteiger partial charge in [0.15, 0.2) is 0 Å². The zero-order valence-corrected chi connectivity index (χ0v) is 16.1. The maximum atomic E-state index is 12.8. The maximum Gasteiger partial charge on any atom is 0.255 e. The monoisotopic (exact) mass is 413 g/mol. The largest absolute Gasteiger partial charge is 0.377 e. The molecule has 0 spiro atoms. The van der Waals surface area contributed by atoms with E-state index in [1.165, 1.54) is 6.33 Å². The number of pyridine rings is 1. The molecule has 1 fully saturated rings. The lowest BCUT2D eigenvalue weighted by Crippen LogP contribution is -2.41. The van der Waals surface area contributed by atoms with Gasteiger partial charge in [-0.05, 0) is 6.07 Å². The Morgan fingerprint density at radius 3 is 2.93 bits per heavy atom. The van der Waals surface area contributed by atoms with Crippen LogP contribution in [-0.2, 0) is 11.3 Å². The highest BCUT2D eigenvalue weighted by Gasteiger charge is 2.24. The van der Waals surface area contributed by atoms with Crippen molar-refractivity contribution in [3.63, 3.8) is 0 Å². The van der Waals surface area contributed by atoms with Crippen LogP contribution in [0.3, 0.4) is 0 Å². The second-order valence-corrected chi connectivity index (χ2v) is 8.15. The van der Waals surface area contributed by atoms with E-state index in [1.54, 1.807) is 34.4 Å². The third-order valence-electron chi connectivity index (χ3n) is 4.35. The second kappa shape index (κ2) is 7.26. The molecular weight excluding hydrogens is 398 g/mol. The van der Waals surface area contributed by atoms with Gasteiger partial charge >= 0.3 is 0 Å². The molecule has 4 aromatic rings. The first-order chi connectivity index (χ1) is 13.8. The smallest absolute Gasteiger partial charge is 0.255 e. The van der Waals surface area contributed by atoms with Crippen molar-refractivity contribution in [2.24, 2.45) is 0 Å². The summed E-state index contributed by atoms with van der Waals surface area (Å²) in [6, 6.07) is 2.24. The van der Waals surface area contributed by atoms with Crippen molar-refractivity contribution in [2.75, 3.05) is 18.5 Å². The molecule has 0 bridgehead atoms. The van der Waals surface area contributed by atoms with Gasteiger partial charge in [-0.15, -0.1) is 22.7 Å². The molecule has 5 rings (SSSR count). The third kappa shape index (κ3) is 3.23. The standard InChI is InChI=1S/C17H15N7O2S2/c25-16(19-4-14-21-7-22-24-14)11-2-20-17-10(15(11)23-9-5-26-6-9)1-12(28-17)13-3-18-8-27-13/h1-3,7-9H,4-6H2,(H,19,25)(H,20,23)(H,21,22,24). The first-order valence-corrected chi connectivity index (χ1v) is 10.3. The van der Waals surface area contributed by atoms with E-state index in [-0.39, 0.29) is 18.5 Å². The summed E-state index contributed by atoms with van der Waals surface area (Å²) < 4.78 is 5.28. The number of carbonyl (C=O) groups is 1. The molecule has 1 amide bonds. The molecule has 1 aliphatic rings. The van der Waals surface area contributed by atoms with E-state index in [2.05, 4.69) is 41.8 Å². The first kappa shape index (κ1) is 17.2. The van der Waals surface area contributed by atoms with Gasteiger partial charge in [-0.25, -0.2) is 9.97 Å². The average molecular weight is 413 g/mol. The summed E-state index contributed by atoms with van der Waals surface area (Å²) in [7, 11) is 0. The molecule has 0 radical (unpaired) electrons. The predicted molar refractivity (Wildman–Crippen MR) is 107 cm³/mol. The van der Waals surface area contributed by atoms with E-state index in [0.717, 1.165) is 25.7 Å². The fourth-order valence-corrected chi connectivity index (χ4v) is 4.59. The van der Waals surface area contributed by atoms with Crippen molar-refractivity contribution in [2.45, 2.75) is 12.6 Å². The van der Waals surface area contributed by atoms with Gasteiger partial charge in [0.2, 0.25) is 0 Å². The molecule has 5 heterocycles. The number of fused-ring (bicyclic) bond motifs is 1. The number of anilines is 1. The number of carbonyl (C=O) groups excluding carboxylic acids is 1. The van der Waals surface area contributed by atoms with E-state index in [0.29, 0.717) is 24.6 Å². The molecule has 9 nitrogen and oxygen atoms in total. The summed E-state index contributed by atoms with van der Waals surface area (Å²) in [5.74, 6) is 0.367. The van der Waals surface area contributed by atoms with Crippen LogP contribution in [0.2, 0.25) is 0 Å². The molecule has 142 valence electrons. The highest BCUT2D eigenvalue weighted by Crippen LogP contribution is 2.39.